The van der Waals surface area contributed by atoms with Crippen LogP contribution in [0.2, 0.25) is 0 Å². The molecule has 2 saturated carbocycles. The molecule has 1 aliphatic heterocycles. The number of amides is 2. The Morgan fingerprint density at radius 1 is 1.16 bits per heavy atom. The van der Waals surface area contributed by atoms with Gasteiger partial charge in [-0.3, -0.25) is 9.59 Å². The summed E-state index contributed by atoms with van der Waals surface area (Å²) in [4.78, 5) is 27.6. The molecule has 5 rings (SSSR count). The van der Waals surface area contributed by atoms with Crippen LogP contribution in [0, 0.1) is 34.5 Å². The molecule has 0 spiro atoms. The maximum atomic E-state index is 13.4. The molecule has 1 aromatic rings. The molecule has 5 heteroatoms. The van der Waals surface area contributed by atoms with Gasteiger partial charge in [0.05, 0.1) is 7.11 Å². The standard InChI is InChI=1S/C27H36N2O3/c1-26-14-12-21-19(8-11-23-27(21,2)15-13-24(30)29(23)3)20(26)9-10-22(26)25(31)28-17-6-5-7-18(16-17)32-4/h5-7,11,16,19-22H,8-10,12-15H2,1-4H3,(H,28,31)/t19-,20-,21+,22?,26-,27+/m0/s1. The monoisotopic (exact) mass is 436 g/mol. The quantitative estimate of drug-likeness (QED) is 0.705. The Morgan fingerprint density at radius 3 is 2.75 bits per heavy atom. The Hall–Kier alpha value is -2.30. The number of carbonyl (C=O) groups excluding carboxylic acids is 2. The summed E-state index contributed by atoms with van der Waals surface area (Å²) in [5, 5.41) is 3.18. The molecule has 0 bridgehead atoms. The van der Waals surface area contributed by atoms with Gasteiger partial charge in [0.25, 0.3) is 0 Å². The van der Waals surface area contributed by atoms with Crippen LogP contribution in [-0.4, -0.2) is 30.9 Å². The van der Waals surface area contributed by atoms with Crippen molar-refractivity contribution in [1.29, 1.82) is 0 Å². The van der Waals surface area contributed by atoms with Crippen molar-refractivity contribution in [3.05, 3.63) is 36.0 Å². The van der Waals surface area contributed by atoms with Crippen LogP contribution in [0.15, 0.2) is 36.0 Å². The number of ether oxygens (including phenoxy) is 1. The van der Waals surface area contributed by atoms with Crippen molar-refractivity contribution in [3.63, 3.8) is 0 Å². The lowest BCUT2D eigenvalue weighted by atomic mass is 9.49. The van der Waals surface area contributed by atoms with Gasteiger partial charge in [-0.2, -0.15) is 0 Å². The van der Waals surface area contributed by atoms with Crippen LogP contribution in [0.5, 0.6) is 5.75 Å². The lowest BCUT2D eigenvalue weighted by molar-refractivity contribution is -0.137. The van der Waals surface area contributed by atoms with Crippen LogP contribution in [-0.2, 0) is 9.59 Å². The molecule has 1 unspecified atom stereocenters. The predicted molar refractivity (Wildman–Crippen MR) is 125 cm³/mol. The largest absolute Gasteiger partial charge is 0.497 e. The molecule has 0 radical (unpaired) electrons. The number of hydrogen-bond donors (Lipinski definition) is 1. The van der Waals surface area contributed by atoms with Gasteiger partial charge in [-0.05, 0) is 73.8 Å². The summed E-state index contributed by atoms with van der Waals surface area (Å²) >= 11 is 0. The van der Waals surface area contributed by atoms with Crippen LogP contribution >= 0.6 is 0 Å². The van der Waals surface area contributed by atoms with Crippen molar-refractivity contribution in [2.75, 3.05) is 19.5 Å². The topological polar surface area (TPSA) is 58.6 Å². The zero-order valence-electron chi connectivity index (χ0n) is 19.8. The molecule has 3 fully saturated rings. The smallest absolute Gasteiger partial charge is 0.228 e. The summed E-state index contributed by atoms with van der Waals surface area (Å²) < 4.78 is 5.31. The highest BCUT2D eigenvalue weighted by Gasteiger charge is 2.60. The summed E-state index contributed by atoms with van der Waals surface area (Å²) in [6.45, 7) is 4.76. The molecule has 2 amide bonds. The third-order valence-corrected chi connectivity index (χ3v) is 9.67. The van der Waals surface area contributed by atoms with E-state index in [0.29, 0.717) is 24.2 Å². The Morgan fingerprint density at radius 2 is 1.97 bits per heavy atom. The average Bonchev–Trinajstić information content (AvgIpc) is 3.14. The van der Waals surface area contributed by atoms with E-state index in [0.717, 1.165) is 50.0 Å². The molecular weight excluding hydrogens is 400 g/mol. The van der Waals surface area contributed by atoms with Gasteiger partial charge in [-0.15, -0.1) is 0 Å². The number of fused-ring (bicyclic) bond motifs is 5. The van der Waals surface area contributed by atoms with E-state index in [1.165, 1.54) is 5.70 Å². The van der Waals surface area contributed by atoms with E-state index < -0.39 is 0 Å². The average molecular weight is 437 g/mol. The van der Waals surface area contributed by atoms with Crippen molar-refractivity contribution >= 4 is 17.5 Å². The van der Waals surface area contributed by atoms with Crippen molar-refractivity contribution < 1.29 is 14.3 Å². The minimum Gasteiger partial charge on any atom is -0.497 e. The second-order valence-electron chi connectivity index (χ2n) is 11.0. The second-order valence-corrected chi connectivity index (χ2v) is 11.0. The van der Waals surface area contributed by atoms with Crippen LogP contribution in [0.3, 0.4) is 0 Å². The first kappa shape index (κ1) is 21.5. The lowest BCUT2D eigenvalue weighted by Crippen LogP contribution is -2.54. The highest BCUT2D eigenvalue weighted by atomic mass is 16.5. The van der Waals surface area contributed by atoms with E-state index in [4.69, 9.17) is 4.74 Å². The van der Waals surface area contributed by atoms with Gasteiger partial charge in [-0.1, -0.05) is 26.0 Å². The third kappa shape index (κ3) is 3.11. The normalized spacial score (nSPS) is 38.3. The SMILES string of the molecule is COc1cccc(NC(=O)C2CC[C@H]3[C@@H]4CC=C5N(C)C(=O)CC[C@]5(C)[C@@H]4CC[C@]23C)c1. The van der Waals surface area contributed by atoms with Crippen molar-refractivity contribution in [3.8, 4) is 5.75 Å². The fourth-order valence-corrected chi connectivity index (χ4v) is 7.94. The predicted octanol–water partition coefficient (Wildman–Crippen LogP) is 5.24. The Kier molecular flexibility index (Phi) is 5.14. The Labute approximate surface area is 191 Å². The van der Waals surface area contributed by atoms with E-state index >= 15 is 0 Å². The van der Waals surface area contributed by atoms with Crippen LogP contribution < -0.4 is 10.1 Å². The molecule has 1 aromatic carbocycles. The number of hydrogen-bond acceptors (Lipinski definition) is 3. The molecule has 172 valence electrons. The maximum Gasteiger partial charge on any atom is 0.228 e. The minimum absolute atomic E-state index is 0.0439. The third-order valence-electron chi connectivity index (χ3n) is 9.67. The number of methoxy groups -OCH3 is 1. The number of benzene rings is 1. The molecule has 1 N–H and O–H groups in total. The summed E-state index contributed by atoms with van der Waals surface area (Å²) in [5.74, 6) is 3.00. The summed E-state index contributed by atoms with van der Waals surface area (Å²) in [6, 6.07) is 7.63. The Balaban J connectivity index is 1.37. The molecule has 3 aliphatic carbocycles. The summed E-state index contributed by atoms with van der Waals surface area (Å²) in [7, 11) is 3.60. The fraction of sp³-hybridized carbons (Fsp3) is 0.630. The van der Waals surface area contributed by atoms with Gasteiger partial charge in [0.1, 0.15) is 5.75 Å². The van der Waals surface area contributed by atoms with Gasteiger partial charge >= 0.3 is 0 Å². The number of likely N-dealkylation sites (tertiary alicyclic amines) is 1. The highest BCUT2D eigenvalue weighted by Crippen LogP contribution is 2.66. The molecule has 5 nitrogen and oxygen atoms in total. The van der Waals surface area contributed by atoms with Crippen LogP contribution in [0.1, 0.15) is 58.8 Å². The fourth-order valence-electron chi connectivity index (χ4n) is 7.94. The van der Waals surface area contributed by atoms with E-state index in [9.17, 15) is 9.59 Å². The number of allylic oxidation sites excluding steroid dienone is 2. The number of rotatable bonds is 3. The summed E-state index contributed by atoms with van der Waals surface area (Å²) in [6.07, 6.45) is 9.35. The first-order valence-electron chi connectivity index (χ1n) is 12.2. The molecule has 4 aliphatic rings. The molecular formula is C27H36N2O3. The van der Waals surface area contributed by atoms with E-state index in [1.54, 1.807) is 7.11 Å². The molecule has 0 aromatic heterocycles. The number of nitrogens with one attached hydrogen (secondary N) is 1. The number of nitrogens with zero attached hydrogens (tertiary/aromatic N) is 1. The zero-order valence-corrected chi connectivity index (χ0v) is 19.8. The van der Waals surface area contributed by atoms with Gasteiger partial charge < -0.3 is 15.0 Å². The second kappa shape index (κ2) is 7.64. The number of carbonyl (C=O) groups is 2. The van der Waals surface area contributed by atoms with Gasteiger partial charge in [-0.25, -0.2) is 0 Å². The van der Waals surface area contributed by atoms with Crippen molar-refractivity contribution in [1.82, 2.24) is 4.90 Å². The number of piperidine rings is 1. The van der Waals surface area contributed by atoms with Gasteiger partial charge in [0, 0.05) is 42.3 Å². The molecule has 1 saturated heterocycles. The first-order valence-corrected chi connectivity index (χ1v) is 12.2. The molecule has 6 atom stereocenters. The zero-order chi connectivity index (χ0) is 22.7. The maximum absolute atomic E-state index is 13.4. The first-order chi connectivity index (χ1) is 15.3. The van der Waals surface area contributed by atoms with Crippen molar-refractivity contribution in [2.45, 2.75) is 58.8 Å². The minimum atomic E-state index is 0.0439. The van der Waals surface area contributed by atoms with Crippen molar-refractivity contribution in [2.24, 2.45) is 34.5 Å². The molecule has 32 heavy (non-hydrogen) atoms. The lowest BCUT2D eigenvalue weighted by Gasteiger charge is -2.58. The molecule has 1 heterocycles. The van der Waals surface area contributed by atoms with Crippen LogP contribution in [0.25, 0.3) is 0 Å². The van der Waals surface area contributed by atoms with Gasteiger partial charge in [0.2, 0.25) is 11.8 Å². The van der Waals surface area contributed by atoms with E-state index in [1.807, 2.05) is 36.2 Å². The van der Waals surface area contributed by atoms with E-state index in [-0.39, 0.29) is 28.6 Å². The van der Waals surface area contributed by atoms with Crippen LogP contribution in [0.4, 0.5) is 5.69 Å². The summed E-state index contributed by atoms with van der Waals surface area (Å²) in [5.41, 5.74) is 2.20. The number of anilines is 1. The van der Waals surface area contributed by atoms with Gasteiger partial charge in [0.15, 0.2) is 0 Å². The van der Waals surface area contributed by atoms with E-state index in [2.05, 4.69) is 25.2 Å². The Bertz CT molecular complexity index is 971. The highest BCUT2D eigenvalue weighted by molar-refractivity contribution is 5.93.